The first-order chi connectivity index (χ1) is 13.9. The topological polar surface area (TPSA) is 202 Å². The molecule has 0 aliphatic carbocycles. The lowest BCUT2D eigenvalue weighted by atomic mass is 9.90. The Morgan fingerprint density at radius 1 is 0.700 bits per heavy atom. The zero-order valence-electron chi connectivity index (χ0n) is 16.7. The molecule has 0 aromatic heterocycles. The number of hydrogen-bond acceptors (Lipinski definition) is 8. The lowest BCUT2D eigenvalue weighted by Gasteiger charge is -2.32. The van der Waals surface area contributed by atoms with Gasteiger partial charge in [0, 0.05) is 0 Å². The third-order valence-electron chi connectivity index (χ3n) is 4.59. The molecule has 0 bridgehead atoms. The van der Waals surface area contributed by atoms with E-state index in [1.165, 1.54) is 0 Å². The number of aliphatic carboxylic acids is 4. The van der Waals surface area contributed by atoms with Gasteiger partial charge in [0.25, 0.3) is 0 Å². The van der Waals surface area contributed by atoms with E-state index >= 15 is 0 Å². The molecule has 0 radical (unpaired) electrons. The lowest BCUT2D eigenvalue weighted by molar-refractivity contribution is -0.178. The van der Waals surface area contributed by atoms with Crippen LogP contribution in [0.15, 0.2) is 0 Å². The van der Waals surface area contributed by atoms with Crippen molar-refractivity contribution in [2.75, 3.05) is 6.61 Å². The van der Waals surface area contributed by atoms with Crippen LogP contribution >= 0.6 is 0 Å². The highest BCUT2D eigenvalue weighted by Crippen LogP contribution is 2.29. The van der Waals surface area contributed by atoms with E-state index in [0.29, 0.717) is 32.1 Å². The maximum Gasteiger partial charge on any atom is 0.332 e. The third kappa shape index (κ3) is 8.05. The number of carbonyl (C=O) groups is 6. The first-order valence-corrected chi connectivity index (χ1v) is 9.23. The number of carboxylic acids is 4. The summed E-state index contributed by atoms with van der Waals surface area (Å²) >= 11 is 0. The fraction of sp³-hybridized carbons (Fsp3) is 0.667. The number of rotatable bonds is 15. The van der Waals surface area contributed by atoms with Gasteiger partial charge in [-0.25, -0.2) is 0 Å². The summed E-state index contributed by atoms with van der Waals surface area (Å²) in [6.07, 6.45) is 2.09. The summed E-state index contributed by atoms with van der Waals surface area (Å²) in [7, 11) is 0. The second-order valence-corrected chi connectivity index (χ2v) is 6.51. The number of carbonyl (C=O) groups excluding carboxylic acids is 2. The second kappa shape index (κ2) is 12.4. The highest BCUT2D eigenvalue weighted by molar-refractivity contribution is 6.11. The Bertz CT molecular complexity index is 636. The van der Waals surface area contributed by atoms with Crippen LogP contribution in [0.25, 0.3) is 0 Å². The van der Waals surface area contributed by atoms with Crippen molar-refractivity contribution < 1.29 is 58.7 Å². The Kier molecular flexibility index (Phi) is 11.1. The molecule has 0 saturated heterocycles. The van der Waals surface area contributed by atoms with Crippen molar-refractivity contribution in [1.82, 2.24) is 0 Å². The van der Waals surface area contributed by atoms with Gasteiger partial charge in [-0.2, -0.15) is 0 Å². The van der Waals surface area contributed by atoms with Gasteiger partial charge in [-0.3, -0.25) is 28.8 Å². The van der Waals surface area contributed by atoms with Gasteiger partial charge < -0.3 is 29.9 Å². The molecule has 0 unspecified atom stereocenters. The van der Waals surface area contributed by atoms with Gasteiger partial charge in [0.1, 0.15) is 5.60 Å². The number of hydrogen-bond donors (Lipinski definition) is 4. The van der Waals surface area contributed by atoms with Gasteiger partial charge in [-0.05, 0) is 38.5 Å². The minimum atomic E-state index is -2.32. The smallest absolute Gasteiger partial charge is 0.332 e. The predicted molar refractivity (Wildman–Crippen MR) is 96.4 cm³/mol. The standard InChI is InChI=1S/C18H26O12/c1-3-18(4-2,30-17(28)11(14(23)24)15(25)26)8-6-5-7-9-29-16(27)10(12(19)20)13(21)22/h10-11H,3-9H2,1-2H3,(H,19,20)(H,21,22)(H,23,24)(H,25,26). The predicted octanol–water partition coefficient (Wildman–Crippen LogP) is 0.763. The molecule has 170 valence electrons. The Morgan fingerprint density at radius 3 is 1.53 bits per heavy atom. The van der Waals surface area contributed by atoms with Crippen LogP contribution in [0.1, 0.15) is 52.4 Å². The minimum Gasteiger partial charge on any atom is -0.480 e. The van der Waals surface area contributed by atoms with Crippen LogP contribution < -0.4 is 0 Å². The van der Waals surface area contributed by atoms with Crippen LogP contribution in [0.2, 0.25) is 0 Å². The van der Waals surface area contributed by atoms with E-state index in [1.807, 2.05) is 0 Å². The monoisotopic (exact) mass is 434 g/mol. The van der Waals surface area contributed by atoms with Crippen LogP contribution in [0.3, 0.4) is 0 Å². The average molecular weight is 434 g/mol. The molecule has 0 amide bonds. The zero-order valence-corrected chi connectivity index (χ0v) is 16.7. The van der Waals surface area contributed by atoms with E-state index < -0.39 is 53.3 Å². The SMILES string of the molecule is CCC(CC)(CCCCCOC(=O)C(C(=O)O)C(=O)O)OC(=O)C(C(=O)O)C(=O)O. The van der Waals surface area contributed by atoms with Gasteiger partial charge in [0.2, 0.25) is 11.8 Å². The van der Waals surface area contributed by atoms with Crippen molar-refractivity contribution in [3.05, 3.63) is 0 Å². The molecule has 4 N–H and O–H groups in total. The molecule has 12 heteroatoms. The molecular formula is C18H26O12. The molecule has 0 heterocycles. The van der Waals surface area contributed by atoms with Crippen molar-refractivity contribution in [1.29, 1.82) is 0 Å². The molecule has 0 rings (SSSR count). The van der Waals surface area contributed by atoms with E-state index in [9.17, 15) is 28.8 Å². The van der Waals surface area contributed by atoms with Crippen molar-refractivity contribution in [2.45, 2.75) is 58.0 Å². The van der Waals surface area contributed by atoms with Crippen LogP contribution in [-0.4, -0.2) is 68.4 Å². The number of carboxylic acid groups (broad SMARTS) is 4. The van der Waals surface area contributed by atoms with Crippen LogP contribution in [0.5, 0.6) is 0 Å². The Hall–Kier alpha value is -3.18. The molecule has 0 fully saturated rings. The summed E-state index contributed by atoms with van der Waals surface area (Å²) in [6.45, 7) is 3.20. The first-order valence-electron chi connectivity index (χ1n) is 9.23. The molecule has 12 nitrogen and oxygen atoms in total. The van der Waals surface area contributed by atoms with Crippen LogP contribution in [-0.2, 0) is 38.2 Å². The molecule has 0 saturated carbocycles. The number of esters is 2. The largest absolute Gasteiger partial charge is 0.480 e. The maximum atomic E-state index is 12.0. The van der Waals surface area contributed by atoms with Crippen LogP contribution in [0, 0.1) is 11.8 Å². The molecule has 30 heavy (non-hydrogen) atoms. The maximum absolute atomic E-state index is 12.0. The fourth-order valence-electron chi connectivity index (χ4n) is 2.67. The summed E-state index contributed by atoms with van der Waals surface area (Å²) in [5.74, 6) is -14.7. The summed E-state index contributed by atoms with van der Waals surface area (Å²) in [4.78, 5) is 66.8. The van der Waals surface area contributed by atoms with E-state index in [2.05, 4.69) is 4.74 Å². The van der Waals surface area contributed by atoms with Crippen molar-refractivity contribution in [3.8, 4) is 0 Å². The van der Waals surface area contributed by atoms with Gasteiger partial charge >= 0.3 is 35.8 Å². The Balaban J connectivity index is 4.65. The zero-order chi connectivity index (χ0) is 23.5. The molecule has 0 aliphatic heterocycles. The van der Waals surface area contributed by atoms with Crippen molar-refractivity contribution in [2.24, 2.45) is 11.8 Å². The van der Waals surface area contributed by atoms with Gasteiger partial charge in [-0.15, -0.1) is 0 Å². The summed E-state index contributed by atoms with van der Waals surface area (Å²) in [5.41, 5.74) is -1.06. The lowest BCUT2D eigenvalue weighted by Crippen LogP contribution is -2.41. The van der Waals surface area contributed by atoms with E-state index in [4.69, 9.17) is 25.2 Å². The highest BCUT2D eigenvalue weighted by atomic mass is 16.6. The molecule has 0 aromatic rings. The van der Waals surface area contributed by atoms with E-state index in [1.54, 1.807) is 13.8 Å². The second-order valence-electron chi connectivity index (χ2n) is 6.51. The van der Waals surface area contributed by atoms with Gasteiger partial charge in [-0.1, -0.05) is 13.8 Å². The summed E-state index contributed by atoms with van der Waals surface area (Å²) in [5, 5.41) is 35.1. The van der Waals surface area contributed by atoms with Crippen LogP contribution in [0.4, 0.5) is 0 Å². The minimum absolute atomic E-state index is 0.207. The first kappa shape index (κ1) is 26.8. The molecule has 0 aliphatic rings. The summed E-state index contributed by atoms with van der Waals surface area (Å²) in [6, 6.07) is 0. The quantitative estimate of drug-likeness (QED) is 0.160. The van der Waals surface area contributed by atoms with Gasteiger partial charge in [0.05, 0.1) is 6.61 Å². The number of unbranched alkanes of at least 4 members (excludes halogenated alkanes) is 2. The van der Waals surface area contributed by atoms with Crippen molar-refractivity contribution in [3.63, 3.8) is 0 Å². The van der Waals surface area contributed by atoms with E-state index in [0.717, 1.165) is 0 Å². The fourth-order valence-corrected chi connectivity index (χ4v) is 2.67. The molecule has 0 atom stereocenters. The van der Waals surface area contributed by atoms with Gasteiger partial charge in [0.15, 0.2) is 0 Å². The third-order valence-corrected chi connectivity index (χ3v) is 4.59. The molecule has 0 spiro atoms. The highest BCUT2D eigenvalue weighted by Gasteiger charge is 2.40. The Labute approximate surface area is 171 Å². The summed E-state index contributed by atoms with van der Waals surface area (Å²) < 4.78 is 9.88. The Morgan fingerprint density at radius 2 is 1.13 bits per heavy atom. The van der Waals surface area contributed by atoms with E-state index in [-0.39, 0.29) is 13.0 Å². The van der Waals surface area contributed by atoms with Crippen molar-refractivity contribution >= 4 is 35.8 Å². The average Bonchev–Trinajstić information content (AvgIpc) is 2.62. The molecule has 0 aromatic carbocycles. The number of ether oxygens (including phenoxy) is 2. The normalized spacial score (nSPS) is 11.2. The molecular weight excluding hydrogens is 408 g/mol.